The summed E-state index contributed by atoms with van der Waals surface area (Å²) in [5.74, 6) is -0.926. The van der Waals surface area contributed by atoms with E-state index in [1.807, 2.05) is 0 Å². The van der Waals surface area contributed by atoms with Crippen molar-refractivity contribution in [3.8, 4) is 0 Å². The zero-order valence-electron chi connectivity index (χ0n) is 11.8. The Morgan fingerprint density at radius 1 is 1.23 bits per heavy atom. The minimum Gasteiger partial charge on any atom is -0.469 e. The number of fused-ring (bicyclic) bond motifs is 1. The summed E-state index contributed by atoms with van der Waals surface area (Å²) in [5, 5.41) is 1.42. The van der Waals surface area contributed by atoms with Crippen LogP contribution in [0.25, 0.3) is 10.9 Å². The number of ether oxygens (including phenoxy) is 2. The van der Waals surface area contributed by atoms with E-state index >= 15 is 0 Å². The van der Waals surface area contributed by atoms with Gasteiger partial charge < -0.3 is 14.5 Å². The van der Waals surface area contributed by atoms with E-state index in [0.29, 0.717) is 31.0 Å². The van der Waals surface area contributed by atoms with E-state index < -0.39 is 5.97 Å². The van der Waals surface area contributed by atoms with Crippen LogP contribution in [0.1, 0.15) is 22.5 Å². The van der Waals surface area contributed by atoms with Gasteiger partial charge in [-0.25, -0.2) is 4.79 Å². The van der Waals surface area contributed by atoms with Crippen LogP contribution in [0.4, 0.5) is 0 Å². The first-order valence-electron chi connectivity index (χ1n) is 6.23. The van der Waals surface area contributed by atoms with Crippen LogP contribution >= 0.6 is 39.1 Å². The van der Waals surface area contributed by atoms with Crippen LogP contribution in [0, 0.1) is 0 Å². The normalized spacial score (nSPS) is 10.8. The maximum absolute atomic E-state index is 12.0. The predicted octanol–water partition coefficient (Wildman–Crippen LogP) is 4.13. The molecule has 0 fully saturated rings. The summed E-state index contributed by atoms with van der Waals surface area (Å²) in [6, 6.07) is 1.58. The highest BCUT2D eigenvalue weighted by atomic mass is 79.9. The van der Waals surface area contributed by atoms with Gasteiger partial charge in [0.15, 0.2) is 0 Å². The first kappa shape index (κ1) is 17.1. The van der Waals surface area contributed by atoms with E-state index in [0.717, 1.165) is 0 Å². The molecule has 0 radical (unpaired) electrons. The molecule has 0 saturated heterocycles. The molecule has 5 nitrogen and oxygen atoms in total. The smallest absolute Gasteiger partial charge is 0.354 e. The highest BCUT2D eigenvalue weighted by Crippen LogP contribution is 2.39. The molecule has 1 N–H and O–H groups in total. The molecule has 22 heavy (non-hydrogen) atoms. The molecular weight excluding hydrogens is 397 g/mol. The van der Waals surface area contributed by atoms with Crippen molar-refractivity contribution in [2.24, 2.45) is 0 Å². The molecule has 8 heteroatoms. The van der Waals surface area contributed by atoms with Crippen molar-refractivity contribution >= 4 is 62.0 Å². The maximum atomic E-state index is 12.0. The van der Waals surface area contributed by atoms with Crippen molar-refractivity contribution in [3.63, 3.8) is 0 Å². The minimum absolute atomic E-state index is 0.115. The lowest BCUT2D eigenvalue weighted by Crippen LogP contribution is -2.08. The van der Waals surface area contributed by atoms with Crippen molar-refractivity contribution in [3.05, 3.63) is 31.8 Å². The summed E-state index contributed by atoms with van der Waals surface area (Å²) in [5.41, 5.74) is 1.42. The van der Waals surface area contributed by atoms with Crippen LogP contribution in [-0.4, -0.2) is 31.1 Å². The highest BCUT2D eigenvalue weighted by Gasteiger charge is 2.23. The summed E-state index contributed by atoms with van der Waals surface area (Å²) in [4.78, 5) is 26.3. The van der Waals surface area contributed by atoms with Crippen LogP contribution in [0.2, 0.25) is 10.0 Å². The van der Waals surface area contributed by atoms with Crippen LogP contribution in [0.15, 0.2) is 10.5 Å². The molecule has 0 unspecified atom stereocenters. The third-order valence-corrected chi connectivity index (χ3v) is 4.87. The van der Waals surface area contributed by atoms with E-state index in [-0.39, 0.29) is 24.5 Å². The van der Waals surface area contributed by atoms with E-state index in [4.69, 9.17) is 27.9 Å². The second-order valence-corrected chi connectivity index (χ2v) is 6.06. The number of carbonyl (C=O) groups excluding carboxylic acids is 2. The molecule has 0 aliphatic carbocycles. The lowest BCUT2D eigenvalue weighted by molar-refractivity contribution is -0.140. The van der Waals surface area contributed by atoms with Gasteiger partial charge in [0.1, 0.15) is 5.69 Å². The lowest BCUT2D eigenvalue weighted by atomic mass is 10.1. The number of methoxy groups -OCH3 is 2. The van der Waals surface area contributed by atoms with Gasteiger partial charge in [-0.1, -0.05) is 23.2 Å². The minimum atomic E-state index is -0.546. The third-order valence-electron chi connectivity index (χ3n) is 3.22. The summed E-state index contributed by atoms with van der Waals surface area (Å²) < 4.78 is 9.99. The molecule has 2 rings (SSSR count). The molecule has 0 saturated carbocycles. The summed E-state index contributed by atoms with van der Waals surface area (Å²) in [6.45, 7) is 0. The van der Waals surface area contributed by atoms with Gasteiger partial charge in [0, 0.05) is 11.8 Å². The number of hydrogen-bond acceptors (Lipinski definition) is 4. The van der Waals surface area contributed by atoms with Crippen molar-refractivity contribution in [2.75, 3.05) is 14.2 Å². The second kappa shape index (κ2) is 6.89. The Morgan fingerprint density at radius 3 is 2.50 bits per heavy atom. The standard InChI is InChI=1S/C14H12BrCl2NO4/c1-21-9(19)4-3-6-10-7(16)5-8(17)11(15)13(10)18-12(6)14(20)22-2/h5,18H,3-4H2,1-2H3. The molecule has 0 aliphatic heterocycles. The fraction of sp³-hybridized carbons (Fsp3) is 0.286. The second-order valence-electron chi connectivity index (χ2n) is 4.45. The predicted molar refractivity (Wildman–Crippen MR) is 87.7 cm³/mol. The van der Waals surface area contributed by atoms with Crippen LogP contribution in [0.5, 0.6) is 0 Å². The number of aromatic amines is 1. The van der Waals surface area contributed by atoms with Crippen molar-refractivity contribution in [1.82, 2.24) is 4.98 Å². The van der Waals surface area contributed by atoms with E-state index in [9.17, 15) is 9.59 Å². The topological polar surface area (TPSA) is 68.4 Å². The van der Waals surface area contributed by atoms with E-state index in [1.165, 1.54) is 14.2 Å². The average Bonchev–Trinajstić information content (AvgIpc) is 2.89. The molecular formula is C14H12BrCl2NO4. The molecule has 0 spiro atoms. The number of benzene rings is 1. The number of halogens is 3. The molecule has 1 heterocycles. The van der Waals surface area contributed by atoms with Gasteiger partial charge in [-0.05, 0) is 34.0 Å². The van der Waals surface area contributed by atoms with E-state index in [2.05, 4.69) is 25.7 Å². The molecule has 1 aromatic carbocycles. The molecule has 0 amide bonds. The lowest BCUT2D eigenvalue weighted by Gasteiger charge is -2.05. The van der Waals surface area contributed by atoms with Gasteiger partial charge >= 0.3 is 11.9 Å². The Morgan fingerprint density at radius 2 is 1.91 bits per heavy atom. The van der Waals surface area contributed by atoms with Crippen LogP contribution < -0.4 is 0 Å². The molecule has 1 aromatic heterocycles. The molecule has 0 aliphatic rings. The van der Waals surface area contributed by atoms with Crippen molar-refractivity contribution in [1.29, 1.82) is 0 Å². The molecule has 2 aromatic rings. The van der Waals surface area contributed by atoms with Crippen LogP contribution in [-0.2, 0) is 20.7 Å². The number of aromatic nitrogens is 1. The number of aryl methyl sites for hydroxylation is 1. The van der Waals surface area contributed by atoms with Gasteiger partial charge in [0.05, 0.1) is 34.3 Å². The number of hydrogen-bond donors (Lipinski definition) is 1. The first-order chi connectivity index (χ1) is 10.4. The highest BCUT2D eigenvalue weighted by molar-refractivity contribution is 9.10. The number of rotatable bonds is 4. The van der Waals surface area contributed by atoms with Gasteiger partial charge in [-0.2, -0.15) is 0 Å². The van der Waals surface area contributed by atoms with Gasteiger partial charge in [-0.15, -0.1) is 0 Å². The Balaban J connectivity index is 2.66. The molecule has 0 atom stereocenters. The largest absolute Gasteiger partial charge is 0.469 e. The first-order valence-corrected chi connectivity index (χ1v) is 7.78. The molecule has 0 bridgehead atoms. The Bertz CT molecular complexity index is 757. The Labute approximate surface area is 145 Å². The van der Waals surface area contributed by atoms with Gasteiger partial charge in [0.2, 0.25) is 0 Å². The fourth-order valence-electron chi connectivity index (χ4n) is 2.19. The number of H-pyrrole nitrogens is 1. The third kappa shape index (κ3) is 3.09. The SMILES string of the molecule is COC(=O)CCc1c(C(=O)OC)[nH]c2c(Br)c(Cl)cc(Cl)c12. The number of esters is 2. The molecule has 118 valence electrons. The summed E-state index contributed by atoms with van der Waals surface area (Å²) in [6.07, 6.45) is 0.398. The van der Waals surface area contributed by atoms with Crippen molar-refractivity contribution in [2.45, 2.75) is 12.8 Å². The van der Waals surface area contributed by atoms with Gasteiger partial charge in [-0.3, -0.25) is 4.79 Å². The monoisotopic (exact) mass is 407 g/mol. The summed E-state index contributed by atoms with van der Waals surface area (Å²) in [7, 11) is 2.59. The quantitative estimate of drug-likeness (QED) is 0.610. The maximum Gasteiger partial charge on any atom is 0.354 e. The Hall–Kier alpha value is -1.24. The fourth-order valence-corrected chi connectivity index (χ4v) is 3.18. The Kier molecular flexibility index (Phi) is 5.36. The van der Waals surface area contributed by atoms with Gasteiger partial charge in [0.25, 0.3) is 0 Å². The van der Waals surface area contributed by atoms with E-state index in [1.54, 1.807) is 6.07 Å². The van der Waals surface area contributed by atoms with Crippen LogP contribution in [0.3, 0.4) is 0 Å². The van der Waals surface area contributed by atoms with Crippen molar-refractivity contribution < 1.29 is 19.1 Å². The number of nitrogens with one attached hydrogen (secondary N) is 1. The average molecular weight is 409 g/mol. The summed E-state index contributed by atoms with van der Waals surface area (Å²) >= 11 is 15.7. The zero-order valence-corrected chi connectivity index (χ0v) is 14.9. The number of carbonyl (C=O) groups is 2. The zero-order chi connectivity index (χ0) is 16.4.